The van der Waals surface area contributed by atoms with Gasteiger partial charge in [-0.25, -0.2) is 4.79 Å². The zero-order valence-corrected chi connectivity index (χ0v) is 13.8. The summed E-state index contributed by atoms with van der Waals surface area (Å²) in [6.07, 6.45) is 1.50. The molecule has 122 valence electrons. The van der Waals surface area contributed by atoms with E-state index in [-0.39, 0.29) is 5.78 Å². The van der Waals surface area contributed by atoms with E-state index in [0.29, 0.717) is 18.5 Å². The van der Waals surface area contributed by atoms with Crippen LogP contribution in [0.25, 0.3) is 0 Å². The summed E-state index contributed by atoms with van der Waals surface area (Å²) in [6, 6.07) is 7.08. The third-order valence-electron chi connectivity index (χ3n) is 2.91. The van der Waals surface area contributed by atoms with E-state index in [1.54, 1.807) is 31.4 Å². The lowest BCUT2D eigenvalue weighted by Crippen LogP contribution is -2.33. The van der Waals surface area contributed by atoms with Crippen LogP contribution in [-0.4, -0.2) is 31.1 Å². The first-order valence-corrected chi connectivity index (χ1v) is 7.46. The molecule has 22 heavy (non-hydrogen) atoms. The SMILES string of the molecule is COc1ccc(C(=O)CCCCNC(=O)OC(C)(C)C)cc1. The van der Waals surface area contributed by atoms with Crippen LogP contribution in [0.3, 0.4) is 0 Å². The number of ether oxygens (including phenoxy) is 2. The summed E-state index contributed by atoms with van der Waals surface area (Å²) in [5.41, 5.74) is 0.190. The van der Waals surface area contributed by atoms with Gasteiger partial charge in [0.05, 0.1) is 7.11 Å². The van der Waals surface area contributed by atoms with Crippen molar-refractivity contribution in [3.63, 3.8) is 0 Å². The summed E-state index contributed by atoms with van der Waals surface area (Å²) in [5, 5.41) is 2.68. The van der Waals surface area contributed by atoms with Crippen LogP contribution in [0.5, 0.6) is 5.75 Å². The number of amides is 1. The molecule has 1 amide bonds. The normalized spacial score (nSPS) is 10.9. The van der Waals surface area contributed by atoms with Crippen molar-refractivity contribution in [1.82, 2.24) is 5.32 Å². The molecule has 0 unspecified atom stereocenters. The van der Waals surface area contributed by atoms with Crippen LogP contribution >= 0.6 is 0 Å². The zero-order chi connectivity index (χ0) is 16.6. The highest BCUT2D eigenvalue weighted by Gasteiger charge is 2.15. The molecule has 5 nitrogen and oxygen atoms in total. The maximum Gasteiger partial charge on any atom is 0.407 e. The Labute approximate surface area is 132 Å². The minimum absolute atomic E-state index is 0.0971. The standard InChI is InChI=1S/C17H25NO4/c1-17(2,3)22-16(20)18-12-6-5-7-15(19)13-8-10-14(21-4)11-9-13/h8-11H,5-7,12H2,1-4H3,(H,18,20). The fraction of sp³-hybridized carbons (Fsp3) is 0.529. The molecule has 0 aliphatic carbocycles. The van der Waals surface area contributed by atoms with Gasteiger partial charge in [0.2, 0.25) is 0 Å². The van der Waals surface area contributed by atoms with E-state index in [1.807, 2.05) is 20.8 Å². The number of Topliss-reactive ketones (excluding diaryl/α,β-unsaturated/α-hetero) is 1. The number of hydrogen-bond donors (Lipinski definition) is 1. The third kappa shape index (κ3) is 7.11. The molecule has 1 N–H and O–H groups in total. The first kappa shape index (κ1) is 18.0. The zero-order valence-electron chi connectivity index (χ0n) is 13.8. The summed E-state index contributed by atoms with van der Waals surface area (Å²) in [5.74, 6) is 0.832. The van der Waals surface area contributed by atoms with Crippen molar-refractivity contribution in [3.05, 3.63) is 29.8 Å². The predicted octanol–water partition coefficient (Wildman–Crippen LogP) is 3.57. The minimum Gasteiger partial charge on any atom is -0.497 e. The molecule has 5 heteroatoms. The number of hydrogen-bond acceptors (Lipinski definition) is 4. The van der Waals surface area contributed by atoms with Gasteiger partial charge >= 0.3 is 6.09 Å². The number of nitrogens with one attached hydrogen (secondary N) is 1. The highest BCUT2D eigenvalue weighted by Crippen LogP contribution is 2.13. The molecule has 0 fully saturated rings. The average molecular weight is 307 g/mol. The van der Waals surface area contributed by atoms with E-state index in [1.165, 1.54) is 0 Å². The topological polar surface area (TPSA) is 64.6 Å². The summed E-state index contributed by atoms with van der Waals surface area (Å²) in [7, 11) is 1.59. The van der Waals surface area contributed by atoms with E-state index in [0.717, 1.165) is 18.6 Å². The largest absolute Gasteiger partial charge is 0.497 e. The van der Waals surface area contributed by atoms with Gasteiger partial charge in [-0.15, -0.1) is 0 Å². The number of carbonyl (C=O) groups is 2. The van der Waals surface area contributed by atoms with Crippen LogP contribution in [0, 0.1) is 0 Å². The van der Waals surface area contributed by atoms with E-state index >= 15 is 0 Å². The third-order valence-corrected chi connectivity index (χ3v) is 2.91. The number of carbonyl (C=O) groups excluding carboxylic acids is 2. The van der Waals surface area contributed by atoms with Crippen LogP contribution in [0.1, 0.15) is 50.4 Å². The number of unbranched alkanes of at least 4 members (excludes halogenated alkanes) is 1. The number of rotatable bonds is 7. The fourth-order valence-corrected chi connectivity index (χ4v) is 1.84. The predicted molar refractivity (Wildman–Crippen MR) is 85.4 cm³/mol. The van der Waals surface area contributed by atoms with Gasteiger partial charge in [0.25, 0.3) is 0 Å². The quantitative estimate of drug-likeness (QED) is 0.618. The Morgan fingerprint density at radius 2 is 1.73 bits per heavy atom. The van der Waals surface area contributed by atoms with Gasteiger partial charge in [-0.3, -0.25) is 4.79 Å². The second-order valence-corrected chi connectivity index (χ2v) is 6.04. The van der Waals surface area contributed by atoms with Gasteiger partial charge < -0.3 is 14.8 Å². The molecule has 0 aromatic heterocycles. The molecule has 0 aliphatic heterocycles. The van der Waals surface area contributed by atoms with Gasteiger partial charge in [-0.05, 0) is 57.9 Å². The fourth-order valence-electron chi connectivity index (χ4n) is 1.84. The Hall–Kier alpha value is -2.04. The number of alkyl carbamates (subject to hydrolysis) is 1. The number of ketones is 1. The average Bonchev–Trinajstić information content (AvgIpc) is 2.45. The van der Waals surface area contributed by atoms with Gasteiger partial charge in [-0.1, -0.05) is 0 Å². The molecule has 0 saturated heterocycles. The van der Waals surface area contributed by atoms with Crippen molar-refractivity contribution in [1.29, 1.82) is 0 Å². The second kappa shape index (κ2) is 8.41. The van der Waals surface area contributed by atoms with Gasteiger partial charge in [0.1, 0.15) is 11.4 Å². The van der Waals surface area contributed by atoms with Crippen molar-refractivity contribution in [2.45, 2.75) is 45.6 Å². The van der Waals surface area contributed by atoms with Crippen LogP contribution in [0.2, 0.25) is 0 Å². The van der Waals surface area contributed by atoms with E-state index in [2.05, 4.69) is 5.32 Å². The smallest absolute Gasteiger partial charge is 0.407 e. The van der Waals surface area contributed by atoms with Gasteiger partial charge in [0, 0.05) is 18.5 Å². The molecule has 1 aromatic rings. The monoisotopic (exact) mass is 307 g/mol. The maximum atomic E-state index is 12.0. The summed E-state index contributed by atoms with van der Waals surface area (Å²) >= 11 is 0. The van der Waals surface area contributed by atoms with Crippen LogP contribution < -0.4 is 10.1 Å². The van der Waals surface area contributed by atoms with Crippen LogP contribution in [0.15, 0.2) is 24.3 Å². The van der Waals surface area contributed by atoms with Gasteiger partial charge in [0.15, 0.2) is 5.78 Å². The van der Waals surface area contributed by atoms with Crippen molar-refractivity contribution >= 4 is 11.9 Å². The molecule has 1 rings (SSSR count). The number of benzene rings is 1. The molecule has 1 aromatic carbocycles. The Morgan fingerprint density at radius 3 is 2.27 bits per heavy atom. The van der Waals surface area contributed by atoms with Crippen LogP contribution in [-0.2, 0) is 4.74 Å². The Bertz CT molecular complexity index is 488. The van der Waals surface area contributed by atoms with Gasteiger partial charge in [-0.2, -0.15) is 0 Å². The second-order valence-electron chi connectivity index (χ2n) is 6.04. The lowest BCUT2D eigenvalue weighted by atomic mass is 10.1. The lowest BCUT2D eigenvalue weighted by Gasteiger charge is -2.19. The molecule has 0 spiro atoms. The highest BCUT2D eigenvalue weighted by molar-refractivity contribution is 5.96. The minimum atomic E-state index is -0.492. The molecule has 0 aliphatic rings. The van der Waals surface area contributed by atoms with Crippen molar-refractivity contribution in [2.75, 3.05) is 13.7 Å². The highest BCUT2D eigenvalue weighted by atomic mass is 16.6. The number of methoxy groups -OCH3 is 1. The van der Waals surface area contributed by atoms with E-state index in [9.17, 15) is 9.59 Å². The summed E-state index contributed by atoms with van der Waals surface area (Å²) < 4.78 is 10.2. The first-order chi connectivity index (χ1) is 10.3. The molecule has 0 radical (unpaired) electrons. The molecule has 0 saturated carbocycles. The maximum absolute atomic E-state index is 12.0. The molecular weight excluding hydrogens is 282 g/mol. The first-order valence-electron chi connectivity index (χ1n) is 7.46. The van der Waals surface area contributed by atoms with E-state index < -0.39 is 11.7 Å². The Kier molecular flexibility index (Phi) is 6.89. The molecule has 0 atom stereocenters. The van der Waals surface area contributed by atoms with Crippen LogP contribution in [0.4, 0.5) is 4.79 Å². The van der Waals surface area contributed by atoms with Crippen molar-refractivity contribution in [2.24, 2.45) is 0 Å². The lowest BCUT2D eigenvalue weighted by molar-refractivity contribution is 0.0527. The molecule has 0 bridgehead atoms. The molecule has 0 heterocycles. The van der Waals surface area contributed by atoms with Crippen molar-refractivity contribution < 1.29 is 19.1 Å². The summed E-state index contributed by atoms with van der Waals surface area (Å²) in [6.45, 7) is 5.96. The summed E-state index contributed by atoms with van der Waals surface area (Å²) in [4.78, 5) is 23.4. The Morgan fingerprint density at radius 1 is 1.09 bits per heavy atom. The molecular formula is C17H25NO4. The van der Waals surface area contributed by atoms with E-state index in [4.69, 9.17) is 9.47 Å². The van der Waals surface area contributed by atoms with Crippen molar-refractivity contribution in [3.8, 4) is 5.75 Å². The Balaban J connectivity index is 2.21.